The molecule has 1 aromatic rings. The lowest BCUT2D eigenvalue weighted by Crippen LogP contribution is -2.44. The number of hydrogen-bond acceptors (Lipinski definition) is 3. The van der Waals surface area contributed by atoms with E-state index in [1.165, 1.54) is 63.9 Å². The Morgan fingerprint density at radius 1 is 0.780 bits per heavy atom. The van der Waals surface area contributed by atoms with E-state index < -0.39 is 8.32 Å². The fraction of sp³-hybridized carbons (Fsp3) is 0.757. The van der Waals surface area contributed by atoms with Crippen LogP contribution in [0.1, 0.15) is 142 Å². The molecule has 0 fully saturated rings. The van der Waals surface area contributed by atoms with Crippen LogP contribution >= 0.6 is 0 Å². The minimum Gasteiger partial charge on any atom is -0.543 e. The lowest BCUT2D eigenvalue weighted by atomic mass is 9.91. The third-order valence-electron chi connectivity index (χ3n) is 9.52. The quantitative estimate of drug-likeness (QED) is 0.0788. The van der Waals surface area contributed by atoms with Gasteiger partial charge in [-0.1, -0.05) is 105 Å². The van der Waals surface area contributed by atoms with Crippen molar-refractivity contribution in [1.82, 2.24) is 0 Å². The molecule has 0 spiro atoms. The van der Waals surface area contributed by atoms with Crippen molar-refractivity contribution in [3.05, 3.63) is 33.9 Å². The Kier molecular flexibility index (Phi) is 15.5. The van der Waals surface area contributed by atoms with Gasteiger partial charge in [-0.25, -0.2) is 0 Å². The molecule has 236 valence electrons. The highest BCUT2D eigenvalue weighted by Crippen LogP contribution is 2.44. The van der Waals surface area contributed by atoms with E-state index in [4.69, 9.17) is 9.16 Å². The van der Waals surface area contributed by atoms with Gasteiger partial charge in [0, 0.05) is 12.5 Å². The molecule has 0 saturated heterocycles. The monoisotopic (exact) mass is 586 g/mol. The lowest BCUT2D eigenvalue weighted by molar-refractivity contribution is -0.131. The van der Waals surface area contributed by atoms with Crippen LogP contribution in [0, 0.1) is 38.5 Å². The number of carbonyl (C=O) groups is 1. The maximum atomic E-state index is 11.9. The van der Waals surface area contributed by atoms with E-state index in [1.807, 2.05) is 6.92 Å². The van der Waals surface area contributed by atoms with Crippen molar-refractivity contribution in [1.29, 1.82) is 0 Å². The van der Waals surface area contributed by atoms with E-state index >= 15 is 0 Å². The zero-order chi connectivity index (χ0) is 31.5. The number of esters is 1. The van der Waals surface area contributed by atoms with Crippen LogP contribution in [0.4, 0.5) is 0 Å². The first-order valence-electron chi connectivity index (χ1n) is 16.5. The molecule has 1 rings (SSSR count). The highest BCUT2D eigenvalue weighted by Gasteiger charge is 2.40. The van der Waals surface area contributed by atoms with Crippen LogP contribution in [0.15, 0.2) is 11.6 Å². The van der Waals surface area contributed by atoms with Gasteiger partial charge in [0.2, 0.25) is 0 Å². The minimum atomic E-state index is -2.05. The first-order valence-corrected chi connectivity index (χ1v) is 19.4. The summed E-state index contributed by atoms with van der Waals surface area (Å²) in [7, 11) is -2.05. The van der Waals surface area contributed by atoms with Gasteiger partial charge in [-0.15, -0.1) is 0 Å². The first kappa shape index (κ1) is 37.5. The van der Waals surface area contributed by atoms with Gasteiger partial charge in [0.1, 0.15) is 11.5 Å². The van der Waals surface area contributed by atoms with E-state index in [0.717, 1.165) is 58.6 Å². The number of carbonyl (C=O) groups excluding carboxylic acids is 1. The summed E-state index contributed by atoms with van der Waals surface area (Å²) < 4.78 is 12.7. The summed E-state index contributed by atoms with van der Waals surface area (Å²) in [5.74, 6) is 3.91. The van der Waals surface area contributed by atoms with Gasteiger partial charge < -0.3 is 9.16 Å². The second kappa shape index (κ2) is 16.9. The molecular weight excluding hydrogens is 520 g/mol. The maximum absolute atomic E-state index is 11.9. The van der Waals surface area contributed by atoms with Crippen LogP contribution in [0.5, 0.6) is 11.5 Å². The van der Waals surface area contributed by atoms with E-state index in [-0.39, 0.29) is 11.0 Å². The predicted octanol–water partition coefficient (Wildman–Crippen LogP) is 11.8. The topological polar surface area (TPSA) is 35.5 Å². The van der Waals surface area contributed by atoms with Gasteiger partial charge >= 0.3 is 5.97 Å². The van der Waals surface area contributed by atoms with E-state index in [0.29, 0.717) is 5.75 Å². The Labute approximate surface area is 256 Å². The molecule has 0 radical (unpaired) electrons. The highest BCUT2D eigenvalue weighted by atomic mass is 28.4. The Morgan fingerprint density at radius 2 is 1.27 bits per heavy atom. The normalized spacial score (nSPS) is 14.4. The molecule has 0 amide bonds. The van der Waals surface area contributed by atoms with E-state index in [1.54, 1.807) is 0 Å². The standard InChI is InChI=1S/C37H66O3Si/c1-26(2)18-15-19-27(3)20-16-21-28(4)22-17-23-29(5)24-25-34-32(8)35(39-33(9)38)30(6)31(7)36(34)40-41(13,14)37(10,11)12/h24,26-28H,15-23,25H2,1-14H3/b29-24-. The zero-order valence-corrected chi connectivity index (χ0v) is 30.6. The van der Waals surface area contributed by atoms with Gasteiger partial charge in [0.05, 0.1) is 0 Å². The Hall–Kier alpha value is -1.55. The lowest BCUT2D eigenvalue weighted by Gasteiger charge is -2.38. The van der Waals surface area contributed by atoms with Gasteiger partial charge in [-0.3, -0.25) is 4.79 Å². The molecule has 0 aliphatic rings. The van der Waals surface area contributed by atoms with Crippen molar-refractivity contribution in [2.45, 2.75) is 165 Å². The zero-order valence-electron chi connectivity index (χ0n) is 29.6. The average Bonchev–Trinajstić information content (AvgIpc) is 2.83. The molecule has 0 aliphatic carbocycles. The number of benzene rings is 1. The molecule has 0 saturated carbocycles. The summed E-state index contributed by atoms with van der Waals surface area (Å²) in [4.78, 5) is 11.9. The number of rotatable bonds is 17. The minimum absolute atomic E-state index is 0.0985. The maximum Gasteiger partial charge on any atom is 0.308 e. The molecule has 0 bridgehead atoms. The van der Waals surface area contributed by atoms with Crippen molar-refractivity contribution in [2.75, 3.05) is 0 Å². The van der Waals surface area contributed by atoms with Gasteiger partial charge in [-0.2, -0.15) is 0 Å². The summed E-state index contributed by atoms with van der Waals surface area (Å²) in [5.41, 5.74) is 5.69. The summed E-state index contributed by atoms with van der Waals surface area (Å²) in [6.45, 7) is 30.9. The highest BCUT2D eigenvalue weighted by molar-refractivity contribution is 6.74. The molecule has 2 unspecified atom stereocenters. The molecule has 4 heteroatoms. The van der Waals surface area contributed by atoms with Crippen LogP contribution in [-0.4, -0.2) is 14.3 Å². The van der Waals surface area contributed by atoms with Crippen molar-refractivity contribution >= 4 is 14.3 Å². The van der Waals surface area contributed by atoms with Crippen LogP contribution < -0.4 is 9.16 Å². The fourth-order valence-corrected chi connectivity index (χ4v) is 6.42. The SMILES string of the molecule is CC(=O)Oc1c(C)c(C)c(O[Si](C)(C)C(C)(C)C)c(C/C=C(/C)CCCC(C)CCCC(C)CCCC(C)C)c1C. The van der Waals surface area contributed by atoms with Crippen LogP contribution in [0.3, 0.4) is 0 Å². The van der Waals surface area contributed by atoms with Crippen LogP contribution in [0.2, 0.25) is 18.1 Å². The largest absolute Gasteiger partial charge is 0.543 e. The molecule has 0 N–H and O–H groups in total. The summed E-state index contributed by atoms with van der Waals surface area (Å²) >= 11 is 0. The van der Waals surface area contributed by atoms with Crippen molar-refractivity contribution < 1.29 is 14.0 Å². The third kappa shape index (κ3) is 12.7. The molecule has 0 heterocycles. The Bertz CT molecular complexity index is 997. The predicted molar refractivity (Wildman–Crippen MR) is 182 cm³/mol. The molecule has 1 aromatic carbocycles. The third-order valence-corrected chi connectivity index (χ3v) is 13.8. The van der Waals surface area contributed by atoms with Gasteiger partial charge in [0.15, 0.2) is 0 Å². The Morgan fingerprint density at radius 3 is 1.76 bits per heavy atom. The van der Waals surface area contributed by atoms with E-state index in [2.05, 4.69) is 88.4 Å². The summed E-state index contributed by atoms with van der Waals surface area (Å²) in [6.07, 6.45) is 15.1. The average molecular weight is 587 g/mol. The molecule has 0 aromatic heterocycles. The van der Waals surface area contributed by atoms with Gasteiger partial charge in [-0.05, 0) is 99.5 Å². The molecule has 3 nitrogen and oxygen atoms in total. The summed E-state index contributed by atoms with van der Waals surface area (Å²) in [6, 6.07) is 0. The van der Waals surface area contributed by atoms with Crippen molar-refractivity contribution in [2.24, 2.45) is 17.8 Å². The molecule has 2 atom stereocenters. The number of ether oxygens (including phenoxy) is 1. The van der Waals surface area contributed by atoms with Gasteiger partial charge in [0.25, 0.3) is 8.32 Å². The number of allylic oxidation sites excluding steroid dienone is 2. The van der Waals surface area contributed by atoms with Crippen molar-refractivity contribution in [3.63, 3.8) is 0 Å². The molecule has 41 heavy (non-hydrogen) atoms. The first-order chi connectivity index (χ1) is 18.9. The smallest absolute Gasteiger partial charge is 0.308 e. The number of hydrogen-bond donors (Lipinski definition) is 0. The second-order valence-corrected chi connectivity index (χ2v) is 19.8. The Balaban J connectivity index is 2.88. The van der Waals surface area contributed by atoms with E-state index in [9.17, 15) is 4.79 Å². The van der Waals surface area contributed by atoms with Crippen LogP contribution in [0.25, 0.3) is 0 Å². The van der Waals surface area contributed by atoms with Crippen molar-refractivity contribution in [3.8, 4) is 11.5 Å². The molecular formula is C37H66O3Si. The molecule has 0 aliphatic heterocycles. The van der Waals surface area contributed by atoms with Crippen LogP contribution in [-0.2, 0) is 11.2 Å². The second-order valence-electron chi connectivity index (χ2n) is 15.1. The summed E-state index contributed by atoms with van der Waals surface area (Å²) in [5, 5.41) is 0.0985. The fourth-order valence-electron chi connectivity index (χ4n) is 5.33.